The molecule has 0 bridgehead atoms. The molecule has 0 amide bonds. The molecule has 0 heterocycles. The molecule has 0 aliphatic carbocycles. The van der Waals surface area contributed by atoms with Crippen LogP contribution in [0.2, 0.25) is 0 Å². The third-order valence-electron chi connectivity index (χ3n) is 7.21. The molecule has 0 atom stereocenters. The highest BCUT2D eigenvalue weighted by atomic mass is 14.2. The van der Waals surface area contributed by atoms with Crippen molar-refractivity contribution in [2.45, 2.75) is 0 Å². The maximum Gasteiger partial charge on any atom is 0.0629 e. The normalized spacial score (nSPS) is 16.8. The van der Waals surface area contributed by atoms with Crippen molar-refractivity contribution in [3.8, 4) is 33.4 Å². The van der Waals surface area contributed by atoms with E-state index in [9.17, 15) is 5.48 Å². The van der Waals surface area contributed by atoms with Gasteiger partial charge in [0.1, 0.15) is 0 Å². The molecule has 40 heavy (non-hydrogen) atoms. The van der Waals surface area contributed by atoms with E-state index in [0.717, 1.165) is 5.39 Å². The molecule has 0 aliphatic heterocycles. The van der Waals surface area contributed by atoms with Gasteiger partial charge < -0.3 is 0 Å². The van der Waals surface area contributed by atoms with Gasteiger partial charge in [0.15, 0.2) is 0 Å². The monoisotopic (exact) mass is 521 g/mol. The molecular weight excluding hydrogens is 480 g/mol. The zero-order valence-electron chi connectivity index (χ0n) is 35.9. The van der Waals surface area contributed by atoms with Gasteiger partial charge in [-0.05, 0) is 76.5 Å². The van der Waals surface area contributed by atoms with E-state index in [2.05, 4.69) is 0 Å². The lowest BCUT2D eigenvalue weighted by Crippen LogP contribution is -1.91. The van der Waals surface area contributed by atoms with E-state index in [1.807, 2.05) is 30.3 Å². The van der Waals surface area contributed by atoms with E-state index in [1.54, 1.807) is 24.3 Å². The quantitative estimate of drug-likeness (QED) is 0.203. The first-order valence-electron chi connectivity index (χ1n) is 20.1. The molecule has 0 spiro atoms. The molecule has 0 aliphatic rings. The Morgan fingerprint density at radius 3 is 1.60 bits per heavy atom. The van der Waals surface area contributed by atoms with Crippen LogP contribution < -0.4 is 0 Å². The maximum atomic E-state index is 9.24. The lowest BCUT2D eigenvalue weighted by atomic mass is 9.84. The molecule has 0 saturated carbocycles. The van der Waals surface area contributed by atoms with Crippen LogP contribution in [0.4, 0.5) is 0 Å². The summed E-state index contributed by atoms with van der Waals surface area (Å²) in [6, 6.07) is 11.5. The topological polar surface area (TPSA) is 0 Å². The first kappa shape index (κ1) is 12.3. The Kier molecular flexibility index (Phi) is 2.84. The van der Waals surface area contributed by atoms with Crippen molar-refractivity contribution in [1.82, 2.24) is 0 Å². The third-order valence-corrected chi connectivity index (χ3v) is 7.21. The van der Waals surface area contributed by atoms with E-state index in [4.69, 9.17) is 15.1 Å². The average molecular weight is 522 g/mol. The average Bonchev–Trinajstić information content (AvgIpc) is 3.19. The summed E-state index contributed by atoms with van der Waals surface area (Å²) in [6.45, 7) is 0. The Labute approximate surface area is 254 Å². The highest BCUT2D eigenvalue weighted by Crippen LogP contribution is 2.45. The van der Waals surface area contributed by atoms with Crippen LogP contribution in [-0.2, 0) is 0 Å². The van der Waals surface area contributed by atoms with Crippen LogP contribution in [0.25, 0.3) is 76.5 Å². The number of hydrogen-bond acceptors (Lipinski definition) is 0. The lowest BCUT2D eigenvalue weighted by molar-refractivity contribution is 1.63. The van der Waals surface area contributed by atoms with E-state index >= 15 is 0 Å². The van der Waals surface area contributed by atoms with Crippen molar-refractivity contribution in [2.24, 2.45) is 0 Å². The molecule has 8 aromatic carbocycles. The number of benzene rings is 8. The predicted octanol–water partition coefficient (Wildman–Crippen LogP) is 11.3. The second kappa shape index (κ2) is 9.22. The minimum atomic E-state index is -0.579. The van der Waals surface area contributed by atoms with Gasteiger partial charge in [0.2, 0.25) is 0 Å². The Balaban J connectivity index is 1.55. The number of rotatable bonds is 3. The van der Waals surface area contributed by atoms with E-state index < -0.39 is 90.6 Å². The van der Waals surface area contributed by atoms with Crippen LogP contribution in [0, 0.1) is 0 Å². The van der Waals surface area contributed by atoms with Crippen molar-refractivity contribution < 1.29 is 20.6 Å². The van der Waals surface area contributed by atoms with Crippen LogP contribution >= 0.6 is 0 Å². The zero-order chi connectivity index (χ0) is 39.5. The fourth-order valence-electron chi connectivity index (χ4n) is 5.46. The summed E-state index contributed by atoms with van der Waals surface area (Å²) in [7, 11) is 0. The molecule has 0 heteroatoms. The second-order valence-corrected chi connectivity index (χ2v) is 9.35. The molecule has 0 radical (unpaired) electrons. The molecule has 186 valence electrons. The first-order valence-corrected chi connectivity index (χ1v) is 12.6. The molecule has 0 aromatic heterocycles. The van der Waals surface area contributed by atoms with E-state index in [-0.39, 0.29) is 54.6 Å². The summed E-state index contributed by atoms with van der Waals surface area (Å²) in [6.07, 6.45) is 0. The van der Waals surface area contributed by atoms with Crippen molar-refractivity contribution in [3.05, 3.63) is 157 Å². The van der Waals surface area contributed by atoms with Gasteiger partial charge >= 0.3 is 0 Å². The molecule has 0 unspecified atom stereocenters. The Morgan fingerprint density at radius 2 is 0.875 bits per heavy atom. The van der Waals surface area contributed by atoms with Crippen molar-refractivity contribution >= 4 is 43.1 Å². The summed E-state index contributed by atoms with van der Waals surface area (Å²) >= 11 is 0. The molecule has 0 saturated heterocycles. The van der Waals surface area contributed by atoms with Gasteiger partial charge in [0.25, 0.3) is 0 Å². The van der Waals surface area contributed by atoms with Crippen LogP contribution in [0.15, 0.2) is 157 Å². The van der Waals surface area contributed by atoms with Gasteiger partial charge in [-0.2, -0.15) is 0 Å². The van der Waals surface area contributed by atoms with Crippen LogP contribution in [-0.4, -0.2) is 0 Å². The largest absolute Gasteiger partial charge is 0.0629 e. The summed E-state index contributed by atoms with van der Waals surface area (Å²) in [4.78, 5) is 0. The smallest absolute Gasteiger partial charge is 0.0616 e. The molecular formula is C40H26. The highest BCUT2D eigenvalue weighted by Gasteiger charge is 2.17. The van der Waals surface area contributed by atoms with Crippen molar-refractivity contribution in [3.63, 3.8) is 0 Å². The van der Waals surface area contributed by atoms with E-state index in [0.29, 0.717) is 16.5 Å². The third kappa shape index (κ3) is 3.54. The fraction of sp³-hybridized carbons (Fsp3) is 0. The number of fused-ring (bicyclic) bond motifs is 4. The fourth-order valence-corrected chi connectivity index (χ4v) is 5.46. The standard InChI is InChI=1S/C40H26/c1-3-15-31-27(11-1)13-9-21-32(31)29-23-25-30(26-24-29)39-35-17-5-7-19-37(35)40(38-20-8-6-18-36(38)39)34-22-10-14-28-12-2-4-16-33(28)34/h1-26H/i1D,3D,5D,6D,7D,8D,9D,11D,13D,15D,17D,18D,19D,20D,21D. The van der Waals surface area contributed by atoms with Gasteiger partial charge in [-0.25, -0.2) is 0 Å². The Morgan fingerprint density at radius 1 is 0.325 bits per heavy atom. The Bertz CT molecular complexity index is 2930. The Hall–Kier alpha value is -5.20. The minimum Gasteiger partial charge on any atom is -0.0616 e. The molecule has 0 fully saturated rings. The molecule has 0 nitrogen and oxygen atoms in total. The molecule has 0 N–H and O–H groups in total. The van der Waals surface area contributed by atoms with Crippen molar-refractivity contribution in [1.29, 1.82) is 0 Å². The van der Waals surface area contributed by atoms with Crippen LogP contribution in [0.5, 0.6) is 0 Å². The van der Waals surface area contributed by atoms with Crippen LogP contribution in [0.1, 0.15) is 20.6 Å². The lowest BCUT2D eigenvalue weighted by Gasteiger charge is -2.19. The van der Waals surface area contributed by atoms with Gasteiger partial charge in [0, 0.05) is 0 Å². The highest BCUT2D eigenvalue weighted by molar-refractivity contribution is 6.23. The second-order valence-electron chi connectivity index (χ2n) is 9.35. The van der Waals surface area contributed by atoms with Gasteiger partial charge in [-0.1, -0.05) is 157 Å². The first-order chi connectivity index (χ1) is 26.1. The van der Waals surface area contributed by atoms with Crippen LogP contribution in [0.3, 0.4) is 0 Å². The number of hydrogen-bond donors (Lipinski definition) is 0. The predicted molar refractivity (Wildman–Crippen MR) is 173 cm³/mol. The van der Waals surface area contributed by atoms with Gasteiger partial charge in [-0.3, -0.25) is 0 Å². The van der Waals surface area contributed by atoms with Gasteiger partial charge in [0.05, 0.1) is 20.6 Å². The summed E-state index contributed by atoms with van der Waals surface area (Å²) in [5.41, 5.74) is 1.37. The summed E-state index contributed by atoms with van der Waals surface area (Å²) in [5, 5.41) is 1.34. The van der Waals surface area contributed by atoms with E-state index in [1.165, 1.54) is 12.1 Å². The molecule has 8 rings (SSSR count). The maximum absolute atomic E-state index is 9.24. The molecule has 8 aromatic rings. The summed E-state index contributed by atoms with van der Waals surface area (Å²) in [5.74, 6) is 0. The summed E-state index contributed by atoms with van der Waals surface area (Å²) < 4.78 is 131. The minimum absolute atomic E-state index is 0.0144. The van der Waals surface area contributed by atoms with Gasteiger partial charge in [-0.15, -0.1) is 0 Å². The van der Waals surface area contributed by atoms with Crippen molar-refractivity contribution in [2.75, 3.05) is 0 Å². The zero-order valence-corrected chi connectivity index (χ0v) is 20.9. The SMILES string of the molecule is [2H]c1c([2H])c([2H])c2c(-c3ccc(-c4c5c([2H])c([2H])c([2H])c([2H])c5c(-c5cccc6ccccc56)c5c([2H])c([2H])c([2H])c([2H])c45)cc3)c([2H])c([2H])c([2H])c2c1[2H].